The van der Waals surface area contributed by atoms with Gasteiger partial charge >= 0.3 is 0 Å². The Balaban J connectivity index is 2.13. The molecular formula is C14H19BrN2O. The van der Waals surface area contributed by atoms with Crippen molar-refractivity contribution in [3.63, 3.8) is 0 Å². The van der Waals surface area contributed by atoms with E-state index in [1.54, 1.807) is 0 Å². The van der Waals surface area contributed by atoms with Crippen LogP contribution in [-0.4, -0.2) is 19.0 Å². The molecule has 1 heterocycles. The van der Waals surface area contributed by atoms with E-state index < -0.39 is 0 Å². The van der Waals surface area contributed by atoms with E-state index in [1.165, 1.54) is 0 Å². The number of anilines is 1. The molecule has 0 aromatic heterocycles. The molecule has 1 fully saturated rings. The monoisotopic (exact) mass is 310 g/mol. The molecule has 0 spiro atoms. The minimum absolute atomic E-state index is 0.121. The first-order valence-electron chi connectivity index (χ1n) is 6.30. The summed E-state index contributed by atoms with van der Waals surface area (Å²) in [4.78, 5) is 12.4. The second-order valence-corrected chi connectivity index (χ2v) is 5.99. The van der Waals surface area contributed by atoms with Gasteiger partial charge in [-0.15, -0.1) is 0 Å². The summed E-state index contributed by atoms with van der Waals surface area (Å²) in [5, 5.41) is 6.34. The maximum atomic E-state index is 12.4. The lowest BCUT2D eigenvalue weighted by molar-refractivity contribution is -0.126. The molecule has 0 radical (unpaired) electrons. The fourth-order valence-corrected chi connectivity index (χ4v) is 2.59. The van der Waals surface area contributed by atoms with Gasteiger partial charge in [-0.05, 0) is 60.4 Å². The van der Waals surface area contributed by atoms with Gasteiger partial charge in [-0.25, -0.2) is 0 Å². The Hall–Kier alpha value is -0.870. The fraction of sp³-hybridized carbons (Fsp3) is 0.500. The van der Waals surface area contributed by atoms with E-state index in [2.05, 4.69) is 26.6 Å². The van der Waals surface area contributed by atoms with Crippen molar-refractivity contribution in [3.8, 4) is 0 Å². The molecule has 4 heteroatoms. The molecule has 18 heavy (non-hydrogen) atoms. The van der Waals surface area contributed by atoms with Gasteiger partial charge < -0.3 is 10.6 Å². The summed E-state index contributed by atoms with van der Waals surface area (Å²) in [5.74, 6) is 0.121. The van der Waals surface area contributed by atoms with Crippen LogP contribution in [0.25, 0.3) is 0 Å². The van der Waals surface area contributed by atoms with Crippen molar-refractivity contribution < 1.29 is 4.79 Å². The third-order valence-electron chi connectivity index (χ3n) is 3.70. The zero-order valence-electron chi connectivity index (χ0n) is 10.8. The van der Waals surface area contributed by atoms with E-state index >= 15 is 0 Å². The zero-order chi connectivity index (χ0) is 13.2. The summed E-state index contributed by atoms with van der Waals surface area (Å²) in [7, 11) is 0. The molecule has 3 nitrogen and oxygen atoms in total. The van der Waals surface area contributed by atoms with Crippen molar-refractivity contribution in [2.75, 3.05) is 18.4 Å². The Morgan fingerprint density at radius 1 is 1.39 bits per heavy atom. The van der Waals surface area contributed by atoms with Gasteiger partial charge in [0.25, 0.3) is 0 Å². The molecule has 2 rings (SSSR count). The van der Waals surface area contributed by atoms with Crippen LogP contribution in [0.15, 0.2) is 22.7 Å². The van der Waals surface area contributed by atoms with E-state index in [1.807, 2.05) is 32.0 Å². The van der Waals surface area contributed by atoms with E-state index in [9.17, 15) is 4.79 Å². The summed E-state index contributed by atoms with van der Waals surface area (Å²) in [6.45, 7) is 5.90. The van der Waals surface area contributed by atoms with Crippen molar-refractivity contribution in [2.24, 2.45) is 5.41 Å². The largest absolute Gasteiger partial charge is 0.325 e. The average Bonchev–Trinajstić information content (AvgIpc) is 2.36. The molecular weight excluding hydrogens is 292 g/mol. The van der Waals surface area contributed by atoms with Gasteiger partial charge in [0.2, 0.25) is 5.91 Å². The number of hydrogen-bond acceptors (Lipinski definition) is 2. The number of halogens is 1. The number of carbonyl (C=O) groups is 1. The topological polar surface area (TPSA) is 41.1 Å². The minimum atomic E-state index is -0.256. The standard InChI is InChI=1S/C14H19BrN2O/c1-10-4-3-5-11(12(10)15)17-13(18)14(2)6-8-16-9-7-14/h3-5,16H,6-9H2,1-2H3,(H,17,18). The average molecular weight is 311 g/mol. The quantitative estimate of drug-likeness (QED) is 0.881. The third-order valence-corrected chi connectivity index (χ3v) is 4.75. The summed E-state index contributed by atoms with van der Waals surface area (Å²) in [5.41, 5.74) is 1.73. The lowest BCUT2D eigenvalue weighted by Gasteiger charge is -2.32. The van der Waals surface area contributed by atoms with Crippen LogP contribution >= 0.6 is 15.9 Å². The second kappa shape index (κ2) is 5.41. The molecule has 98 valence electrons. The van der Waals surface area contributed by atoms with Gasteiger partial charge in [0, 0.05) is 9.89 Å². The number of rotatable bonds is 2. The molecule has 1 aromatic rings. The molecule has 0 saturated carbocycles. The molecule has 1 saturated heterocycles. The highest BCUT2D eigenvalue weighted by atomic mass is 79.9. The maximum absolute atomic E-state index is 12.4. The van der Waals surface area contributed by atoms with Crippen molar-refractivity contribution in [2.45, 2.75) is 26.7 Å². The number of piperidine rings is 1. The molecule has 0 atom stereocenters. The van der Waals surface area contributed by atoms with Gasteiger partial charge in [0.15, 0.2) is 0 Å². The second-order valence-electron chi connectivity index (χ2n) is 5.20. The highest BCUT2D eigenvalue weighted by Gasteiger charge is 2.34. The number of carbonyl (C=O) groups excluding carboxylic acids is 1. The van der Waals surface area contributed by atoms with Gasteiger partial charge in [0.1, 0.15) is 0 Å². The smallest absolute Gasteiger partial charge is 0.230 e. The number of hydrogen-bond donors (Lipinski definition) is 2. The number of aryl methyl sites for hydroxylation is 1. The minimum Gasteiger partial charge on any atom is -0.325 e. The van der Waals surface area contributed by atoms with Crippen LogP contribution in [0.3, 0.4) is 0 Å². The SMILES string of the molecule is Cc1cccc(NC(=O)C2(C)CCNCC2)c1Br. The van der Waals surface area contributed by atoms with Crippen molar-refractivity contribution in [3.05, 3.63) is 28.2 Å². The van der Waals surface area contributed by atoms with E-state index in [0.29, 0.717) is 0 Å². The zero-order valence-corrected chi connectivity index (χ0v) is 12.4. The molecule has 1 aliphatic heterocycles. The summed E-state index contributed by atoms with van der Waals surface area (Å²) in [6, 6.07) is 5.91. The van der Waals surface area contributed by atoms with Crippen molar-refractivity contribution >= 4 is 27.5 Å². The van der Waals surface area contributed by atoms with Crippen molar-refractivity contribution in [1.29, 1.82) is 0 Å². The molecule has 1 aromatic carbocycles. The Kier molecular flexibility index (Phi) is 4.07. The van der Waals surface area contributed by atoms with Crippen LogP contribution in [0.4, 0.5) is 5.69 Å². The lowest BCUT2D eigenvalue weighted by atomic mass is 9.80. The first kappa shape index (κ1) is 13.6. The van der Waals surface area contributed by atoms with E-state index in [-0.39, 0.29) is 11.3 Å². The molecule has 1 amide bonds. The Morgan fingerprint density at radius 3 is 2.72 bits per heavy atom. The van der Waals surface area contributed by atoms with Crippen LogP contribution in [0.1, 0.15) is 25.3 Å². The van der Waals surface area contributed by atoms with Crippen LogP contribution < -0.4 is 10.6 Å². The molecule has 1 aliphatic rings. The third kappa shape index (κ3) is 2.75. The Labute approximate surface area is 116 Å². The van der Waals surface area contributed by atoms with Gasteiger partial charge in [-0.2, -0.15) is 0 Å². The fourth-order valence-electron chi connectivity index (χ4n) is 2.22. The Morgan fingerprint density at radius 2 is 2.06 bits per heavy atom. The van der Waals surface area contributed by atoms with Crippen LogP contribution in [0.2, 0.25) is 0 Å². The number of amides is 1. The maximum Gasteiger partial charge on any atom is 0.230 e. The normalized spacial score (nSPS) is 18.4. The molecule has 0 unspecified atom stereocenters. The number of nitrogens with one attached hydrogen (secondary N) is 2. The van der Waals surface area contributed by atoms with Gasteiger partial charge in [-0.1, -0.05) is 19.1 Å². The van der Waals surface area contributed by atoms with Crippen molar-refractivity contribution in [1.82, 2.24) is 5.32 Å². The first-order chi connectivity index (χ1) is 8.53. The molecule has 0 bridgehead atoms. The molecule has 2 N–H and O–H groups in total. The van der Waals surface area contributed by atoms with E-state index in [0.717, 1.165) is 41.7 Å². The molecule has 0 aliphatic carbocycles. The summed E-state index contributed by atoms with van der Waals surface area (Å²) in [6.07, 6.45) is 1.78. The number of benzene rings is 1. The van der Waals surface area contributed by atoms with Gasteiger partial charge in [0.05, 0.1) is 5.69 Å². The van der Waals surface area contributed by atoms with Crippen LogP contribution in [-0.2, 0) is 4.79 Å². The van der Waals surface area contributed by atoms with E-state index in [4.69, 9.17) is 0 Å². The van der Waals surface area contributed by atoms with Gasteiger partial charge in [-0.3, -0.25) is 4.79 Å². The Bertz CT molecular complexity index is 453. The first-order valence-corrected chi connectivity index (χ1v) is 7.09. The highest BCUT2D eigenvalue weighted by molar-refractivity contribution is 9.10. The lowest BCUT2D eigenvalue weighted by Crippen LogP contribution is -2.42. The predicted octanol–water partition coefficient (Wildman–Crippen LogP) is 3.09. The van der Waals surface area contributed by atoms with Crippen LogP contribution in [0, 0.1) is 12.3 Å². The summed E-state index contributed by atoms with van der Waals surface area (Å²) >= 11 is 3.52. The summed E-state index contributed by atoms with van der Waals surface area (Å²) < 4.78 is 0.968. The van der Waals surface area contributed by atoms with Crippen LogP contribution in [0.5, 0.6) is 0 Å². The predicted molar refractivity (Wildman–Crippen MR) is 77.7 cm³/mol. The highest BCUT2D eigenvalue weighted by Crippen LogP contribution is 2.32.